The number of rotatable bonds is 10. The third-order valence-corrected chi connectivity index (χ3v) is 7.19. The first-order chi connectivity index (χ1) is 18.6. The molecule has 39 heavy (non-hydrogen) atoms. The number of aliphatic carboxylic acids is 1. The van der Waals surface area contributed by atoms with Crippen molar-refractivity contribution in [3.05, 3.63) is 81.8 Å². The quantitative estimate of drug-likeness (QED) is 0.254. The molecule has 9 nitrogen and oxygen atoms in total. The highest BCUT2D eigenvalue weighted by Gasteiger charge is 2.20. The van der Waals surface area contributed by atoms with Gasteiger partial charge < -0.3 is 20.3 Å². The van der Waals surface area contributed by atoms with Crippen molar-refractivity contribution in [2.45, 2.75) is 52.6 Å². The summed E-state index contributed by atoms with van der Waals surface area (Å²) in [4.78, 5) is 36.8. The van der Waals surface area contributed by atoms with Gasteiger partial charge in [-0.15, -0.1) is 0 Å². The average molecular weight is 550 g/mol. The molecule has 0 radical (unpaired) electrons. The first-order valence-electron chi connectivity index (χ1n) is 12.7. The van der Waals surface area contributed by atoms with E-state index in [-0.39, 0.29) is 18.2 Å². The molecule has 0 aliphatic rings. The molecule has 1 unspecified atom stereocenters. The zero-order valence-electron chi connectivity index (χ0n) is 22.4. The second kappa shape index (κ2) is 11.7. The van der Waals surface area contributed by atoms with E-state index in [2.05, 4.69) is 15.7 Å². The molecule has 2 aromatic heterocycles. The number of aryl methyl sites for hydroxylation is 3. The van der Waals surface area contributed by atoms with E-state index < -0.39 is 12.0 Å². The number of halogens is 1. The second-order valence-electron chi connectivity index (χ2n) is 9.69. The largest absolute Gasteiger partial charge is 0.481 e. The maximum Gasteiger partial charge on any atom is 0.303 e. The Balaban J connectivity index is 1.63. The van der Waals surface area contributed by atoms with Gasteiger partial charge in [-0.1, -0.05) is 29.8 Å². The summed E-state index contributed by atoms with van der Waals surface area (Å²) < 4.78 is 3.61. The minimum absolute atomic E-state index is 0.0406. The normalized spacial score (nSPS) is 11.9. The molecule has 2 amide bonds. The molecule has 2 heterocycles. The van der Waals surface area contributed by atoms with Gasteiger partial charge in [-0.3, -0.25) is 19.1 Å². The highest BCUT2D eigenvalue weighted by molar-refractivity contribution is 6.31. The molecule has 0 fully saturated rings. The van der Waals surface area contributed by atoms with Crippen LogP contribution in [0.2, 0.25) is 5.02 Å². The molecule has 4 rings (SSSR count). The van der Waals surface area contributed by atoms with Gasteiger partial charge in [0.05, 0.1) is 17.3 Å². The molecule has 2 aromatic carbocycles. The van der Waals surface area contributed by atoms with Gasteiger partial charge in [-0.05, 0) is 68.5 Å². The Morgan fingerprint density at radius 2 is 1.87 bits per heavy atom. The van der Waals surface area contributed by atoms with Crippen LogP contribution < -0.4 is 10.6 Å². The molecule has 10 heteroatoms. The lowest BCUT2D eigenvalue weighted by molar-refractivity contribution is -0.137. The predicted molar refractivity (Wildman–Crippen MR) is 151 cm³/mol. The van der Waals surface area contributed by atoms with E-state index in [1.165, 1.54) is 0 Å². The summed E-state index contributed by atoms with van der Waals surface area (Å²) in [5.41, 5.74) is 5.43. The van der Waals surface area contributed by atoms with Gasteiger partial charge in [-0.2, -0.15) is 5.10 Å². The Hall–Kier alpha value is -4.11. The number of carbonyl (C=O) groups excluding carboxylic acids is 2. The Morgan fingerprint density at radius 3 is 2.54 bits per heavy atom. The van der Waals surface area contributed by atoms with Crippen LogP contribution in [0.5, 0.6) is 0 Å². The third-order valence-electron chi connectivity index (χ3n) is 6.82. The SMILES string of the molecule is CNC(=O)c1ccc2c(C)cn(C(C)C(=O)Nc3cc(Cn4cc(Cl)c(C)n4)ccc3CCCC(=O)O)c2c1. The monoisotopic (exact) mass is 549 g/mol. The van der Waals surface area contributed by atoms with Crippen molar-refractivity contribution in [2.75, 3.05) is 12.4 Å². The van der Waals surface area contributed by atoms with Gasteiger partial charge in [0.25, 0.3) is 5.91 Å². The molecule has 3 N–H and O–H groups in total. The van der Waals surface area contributed by atoms with Crippen LogP contribution >= 0.6 is 11.6 Å². The highest BCUT2D eigenvalue weighted by Crippen LogP contribution is 2.28. The van der Waals surface area contributed by atoms with Crippen LogP contribution in [0.25, 0.3) is 10.9 Å². The summed E-state index contributed by atoms with van der Waals surface area (Å²) >= 11 is 6.16. The Kier molecular flexibility index (Phi) is 8.40. The standard InChI is InChI=1S/C29H32ClN5O4/c1-17-14-35(26-13-22(29(39)31-4)10-11-23(17)26)19(3)28(38)32-25-12-20(15-34-16-24(30)18(2)33-34)8-9-21(25)6-5-7-27(36)37/h8-14,16,19H,5-7,15H2,1-4H3,(H,31,39)(H,32,38)(H,36,37). The van der Waals surface area contributed by atoms with Crippen molar-refractivity contribution in [3.63, 3.8) is 0 Å². The maximum absolute atomic E-state index is 13.6. The van der Waals surface area contributed by atoms with Crippen LogP contribution in [-0.2, 0) is 22.6 Å². The number of nitrogens with one attached hydrogen (secondary N) is 2. The fraction of sp³-hybridized carbons (Fsp3) is 0.310. The van der Waals surface area contributed by atoms with E-state index in [4.69, 9.17) is 16.7 Å². The maximum atomic E-state index is 13.6. The summed E-state index contributed by atoms with van der Waals surface area (Å²) in [6.45, 7) is 6.08. The molecular weight excluding hydrogens is 518 g/mol. The van der Waals surface area contributed by atoms with Crippen molar-refractivity contribution >= 4 is 46.0 Å². The molecule has 1 atom stereocenters. The van der Waals surface area contributed by atoms with Gasteiger partial charge in [0.1, 0.15) is 6.04 Å². The van der Waals surface area contributed by atoms with E-state index in [0.29, 0.717) is 35.7 Å². The van der Waals surface area contributed by atoms with Crippen molar-refractivity contribution in [3.8, 4) is 0 Å². The molecule has 0 saturated heterocycles. The lowest BCUT2D eigenvalue weighted by Gasteiger charge is -2.18. The average Bonchev–Trinajstić information content (AvgIpc) is 3.40. The molecule has 204 valence electrons. The molecule has 0 saturated carbocycles. The Bertz CT molecular complexity index is 1540. The van der Waals surface area contributed by atoms with Crippen molar-refractivity contribution in [1.82, 2.24) is 19.7 Å². The van der Waals surface area contributed by atoms with Crippen molar-refractivity contribution in [1.29, 1.82) is 0 Å². The molecule has 0 aliphatic carbocycles. The first kappa shape index (κ1) is 27.9. The van der Waals surface area contributed by atoms with Crippen molar-refractivity contribution < 1.29 is 19.5 Å². The summed E-state index contributed by atoms with van der Waals surface area (Å²) in [5.74, 6) is -1.29. The lowest BCUT2D eigenvalue weighted by atomic mass is 10.0. The number of fused-ring (bicyclic) bond motifs is 1. The number of benzene rings is 2. The zero-order chi connectivity index (χ0) is 28.3. The van der Waals surface area contributed by atoms with Gasteiger partial charge in [0.15, 0.2) is 0 Å². The number of hydrogen-bond donors (Lipinski definition) is 3. The van der Waals surface area contributed by atoms with E-state index in [9.17, 15) is 14.4 Å². The second-order valence-corrected chi connectivity index (χ2v) is 10.1. The van der Waals surface area contributed by atoms with Gasteiger partial charge in [0.2, 0.25) is 5.91 Å². The van der Waals surface area contributed by atoms with Gasteiger partial charge in [-0.25, -0.2) is 0 Å². The molecule has 0 spiro atoms. The Morgan fingerprint density at radius 1 is 1.10 bits per heavy atom. The number of amides is 2. The third kappa shape index (κ3) is 6.31. The van der Waals surface area contributed by atoms with Crippen LogP contribution in [0.1, 0.15) is 58.5 Å². The molecule has 0 aliphatic heterocycles. The summed E-state index contributed by atoms with van der Waals surface area (Å²) in [6.07, 6.45) is 4.66. The van der Waals surface area contributed by atoms with E-state index in [1.807, 2.05) is 55.8 Å². The smallest absolute Gasteiger partial charge is 0.303 e. The van der Waals surface area contributed by atoms with Crippen LogP contribution in [0.4, 0.5) is 5.69 Å². The fourth-order valence-corrected chi connectivity index (χ4v) is 4.79. The number of carboxylic acids is 1. The van der Waals surface area contributed by atoms with Crippen LogP contribution in [0.3, 0.4) is 0 Å². The summed E-state index contributed by atoms with van der Waals surface area (Å²) in [7, 11) is 1.58. The van der Waals surface area contributed by atoms with Crippen molar-refractivity contribution in [2.24, 2.45) is 0 Å². The van der Waals surface area contributed by atoms with Crippen LogP contribution in [0, 0.1) is 13.8 Å². The minimum Gasteiger partial charge on any atom is -0.481 e. The van der Waals surface area contributed by atoms with Gasteiger partial charge in [0, 0.05) is 48.0 Å². The zero-order valence-corrected chi connectivity index (χ0v) is 23.2. The lowest BCUT2D eigenvalue weighted by Crippen LogP contribution is -2.24. The first-order valence-corrected chi connectivity index (χ1v) is 13.1. The predicted octanol–water partition coefficient (Wildman–Crippen LogP) is 5.12. The number of carboxylic acid groups (broad SMARTS) is 1. The van der Waals surface area contributed by atoms with E-state index in [1.54, 1.807) is 30.1 Å². The van der Waals surface area contributed by atoms with Gasteiger partial charge >= 0.3 is 5.97 Å². The number of aromatic nitrogens is 3. The Labute approximate surface area is 231 Å². The molecule has 4 aromatic rings. The topological polar surface area (TPSA) is 118 Å². The minimum atomic E-state index is -0.859. The fourth-order valence-electron chi connectivity index (χ4n) is 4.64. The highest BCUT2D eigenvalue weighted by atomic mass is 35.5. The number of carbonyl (C=O) groups is 3. The van der Waals surface area contributed by atoms with Crippen LogP contribution in [-0.4, -0.2) is 44.3 Å². The van der Waals surface area contributed by atoms with E-state index >= 15 is 0 Å². The number of anilines is 1. The van der Waals surface area contributed by atoms with E-state index in [0.717, 1.165) is 33.3 Å². The number of hydrogen-bond acceptors (Lipinski definition) is 4. The van der Waals surface area contributed by atoms with Crippen LogP contribution in [0.15, 0.2) is 48.8 Å². The summed E-state index contributed by atoms with van der Waals surface area (Å²) in [5, 5.41) is 20.7. The summed E-state index contributed by atoms with van der Waals surface area (Å²) in [6, 6.07) is 10.6. The molecular formula is C29H32ClN5O4. The molecule has 0 bridgehead atoms. The number of nitrogens with zero attached hydrogens (tertiary/aromatic N) is 3.